The Morgan fingerprint density at radius 3 is 2.40 bits per heavy atom. The van der Waals surface area contributed by atoms with Gasteiger partial charge in [0.05, 0.1) is 18.4 Å². The fraction of sp³-hybridized carbons (Fsp3) is 0.235. The molecular weight excluding hydrogens is 248 g/mol. The number of anilines is 1. The van der Waals surface area contributed by atoms with E-state index in [0.29, 0.717) is 11.6 Å². The molecule has 0 aromatic heterocycles. The molecule has 0 aliphatic heterocycles. The Balaban J connectivity index is 1.85. The van der Waals surface area contributed by atoms with Crippen molar-refractivity contribution in [3.8, 4) is 11.8 Å². The van der Waals surface area contributed by atoms with Crippen LogP contribution in [0.1, 0.15) is 16.7 Å². The fourth-order valence-corrected chi connectivity index (χ4v) is 2.81. The Morgan fingerprint density at radius 1 is 1.10 bits per heavy atom. The number of nitriles is 1. The van der Waals surface area contributed by atoms with Gasteiger partial charge in [0.25, 0.3) is 0 Å². The number of fused-ring (bicyclic) bond motifs is 1. The molecule has 2 aromatic carbocycles. The number of nitrogens with zero attached hydrogens (tertiary/aromatic N) is 1. The van der Waals surface area contributed by atoms with Crippen molar-refractivity contribution < 1.29 is 4.74 Å². The number of hydrogen-bond donors (Lipinski definition) is 1. The predicted molar refractivity (Wildman–Crippen MR) is 79.0 cm³/mol. The van der Waals surface area contributed by atoms with Crippen molar-refractivity contribution >= 4 is 5.69 Å². The molecule has 0 atom stereocenters. The second-order valence-electron chi connectivity index (χ2n) is 5.01. The van der Waals surface area contributed by atoms with E-state index in [1.54, 1.807) is 7.11 Å². The van der Waals surface area contributed by atoms with E-state index < -0.39 is 0 Å². The van der Waals surface area contributed by atoms with Gasteiger partial charge in [-0.3, -0.25) is 0 Å². The maximum absolute atomic E-state index is 9.24. The van der Waals surface area contributed by atoms with Crippen molar-refractivity contribution in [2.75, 3.05) is 12.4 Å². The average Bonchev–Trinajstić information content (AvgIpc) is 2.89. The molecule has 0 bridgehead atoms. The number of hydrogen-bond acceptors (Lipinski definition) is 3. The molecular formula is C17H16N2O. The first-order chi connectivity index (χ1) is 9.81. The number of ether oxygens (including phenoxy) is 1. The van der Waals surface area contributed by atoms with Crippen molar-refractivity contribution in [2.24, 2.45) is 0 Å². The van der Waals surface area contributed by atoms with Crippen LogP contribution in [0.3, 0.4) is 0 Å². The molecule has 0 spiro atoms. The van der Waals surface area contributed by atoms with Crippen molar-refractivity contribution in [3.63, 3.8) is 0 Å². The second-order valence-corrected chi connectivity index (χ2v) is 5.01. The van der Waals surface area contributed by atoms with Crippen LogP contribution in [0.4, 0.5) is 5.69 Å². The van der Waals surface area contributed by atoms with Crippen molar-refractivity contribution in [1.82, 2.24) is 0 Å². The topological polar surface area (TPSA) is 45.0 Å². The lowest BCUT2D eigenvalue weighted by Gasteiger charge is -2.17. The SMILES string of the molecule is COc1cccc(C#N)c1NC1Cc2ccccc2C1. The first kappa shape index (κ1) is 12.6. The maximum atomic E-state index is 9.24. The highest BCUT2D eigenvalue weighted by molar-refractivity contribution is 5.67. The van der Waals surface area contributed by atoms with Gasteiger partial charge in [-0.1, -0.05) is 30.3 Å². The molecule has 0 heterocycles. The Morgan fingerprint density at radius 2 is 1.80 bits per heavy atom. The van der Waals surface area contributed by atoms with Gasteiger partial charge in [-0.15, -0.1) is 0 Å². The smallest absolute Gasteiger partial charge is 0.143 e. The summed E-state index contributed by atoms with van der Waals surface area (Å²) in [6, 6.07) is 16.6. The third-order valence-corrected chi connectivity index (χ3v) is 3.77. The van der Waals surface area contributed by atoms with Crippen LogP contribution in [0.2, 0.25) is 0 Å². The van der Waals surface area contributed by atoms with Crippen LogP contribution in [0.5, 0.6) is 5.75 Å². The molecule has 0 radical (unpaired) electrons. The minimum absolute atomic E-state index is 0.316. The zero-order chi connectivity index (χ0) is 13.9. The largest absolute Gasteiger partial charge is 0.495 e. The molecule has 0 fully saturated rings. The lowest BCUT2D eigenvalue weighted by atomic mass is 10.1. The van der Waals surface area contributed by atoms with Gasteiger partial charge in [-0.05, 0) is 36.1 Å². The monoisotopic (exact) mass is 264 g/mol. The van der Waals surface area contributed by atoms with Crippen LogP contribution in [-0.4, -0.2) is 13.2 Å². The Hall–Kier alpha value is -2.47. The third kappa shape index (κ3) is 2.21. The van der Waals surface area contributed by atoms with E-state index in [1.165, 1.54) is 11.1 Å². The molecule has 3 heteroatoms. The second kappa shape index (κ2) is 5.26. The van der Waals surface area contributed by atoms with Gasteiger partial charge in [0.15, 0.2) is 0 Å². The summed E-state index contributed by atoms with van der Waals surface area (Å²) in [4.78, 5) is 0. The highest BCUT2D eigenvalue weighted by Gasteiger charge is 2.22. The maximum Gasteiger partial charge on any atom is 0.143 e. The van der Waals surface area contributed by atoms with Crippen LogP contribution in [-0.2, 0) is 12.8 Å². The summed E-state index contributed by atoms with van der Waals surface area (Å²) in [5, 5.41) is 12.7. The van der Waals surface area contributed by atoms with Gasteiger partial charge in [-0.2, -0.15) is 5.26 Å². The summed E-state index contributed by atoms with van der Waals surface area (Å²) in [5.74, 6) is 0.722. The molecule has 1 N–H and O–H groups in total. The third-order valence-electron chi connectivity index (χ3n) is 3.77. The van der Waals surface area contributed by atoms with E-state index in [1.807, 2.05) is 18.2 Å². The lowest BCUT2D eigenvalue weighted by Crippen LogP contribution is -2.20. The summed E-state index contributed by atoms with van der Waals surface area (Å²) in [7, 11) is 1.63. The molecule has 1 aliphatic rings. The van der Waals surface area contributed by atoms with Gasteiger partial charge in [0.1, 0.15) is 11.8 Å². The zero-order valence-electron chi connectivity index (χ0n) is 11.4. The van der Waals surface area contributed by atoms with Gasteiger partial charge in [0, 0.05) is 6.04 Å². The van der Waals surface area contributed by atoms with Crippen LogP contribution in [0.15, 0.2) is 42.5 Å². The number of para-hydroxylation sites is 1. The molecule has 3 nitrogen and oxygen atoms in total. The zero-order valence-corrected chi connectivity index (χ0v) is 11.4. The lowest BCUT2D eigenvalue weighted by molar-refractivity contribution is 0.416. The standard InChI is InChI=1S/C17H16N2O/c1-20-16-8-4-7-14(11-18)17(16)19-15-9-12-5-2-3-6-13(12)10-15/h2-8,15,19H,9-10H2,1H3. The first-order valence-electron chi connectivity index (χ1n) is 6.72. The van der Waals surface area contributed by atoms with E-state index in [9.17, 15) is 5.26 Å². The van der Waals surface area contributed by atoms with E-state index >= 15 is 0 Å². The number of rotatable bonds is 3. The fourth-order valence-electron chi connectivity index (χ4n) is 2.81. The van der Waals surface area contributed by atoms with Crippen molar-refractivity contribution in [2.45, 2.75) is 18.9 Å². The van der Waals surface area contributed by atoms with E-state index in [2.05, 4.69) is 35.7 Å². The normalized spacial score (nSPS) is 13.6. The highest BCUT2D eigenvalue weighted by atomic mass is 16.5. The minimum atomic E-state index is 0.316. The highest BCUT2D eigenvalue weighted by Crippen LogP contribution is 2.31. The predicted octanol–water partition coefficient (Wildman–Crippen LogP) is 3.15. The van der Waals surface area contributed by atoms with Crippen molar-refractivity contribution in [3.05, 3.63) is 59.2 Å². The van der Waals surface area contributed by atoms with Gasteiger partial charge in [0.2, 0.25) is 0 Å². The molecule has 1 aliphatic carbocycles. The molecule has 0 unspecified atom stereocenters. The molecule has 20 heavy (non-hydrogen) atoms. The molecule has 0 saturated carbocycles. The summed E-state index contributed by atoms with van der Waals surface area (Å²) in [5.41, 5.74) is 4.20. The average molecular weight is 264 g/mol. The first-order valence-corrected chi connectivity index (χ1v) is 6.72. The van der Waals surface area contributed by atoms with Crippen LogP contribution in [0.25, 0.3) is 0 Å². The van der Waals surface area contributed by atoms with Crippen LogP contribution < -0.4 is 10.1 Å². The van der Waals surface area contributed by atoms with Crippen LogP contribution in [0, 0.1) is 11.3 Å². The molecule has 100 valence electrons. The number of benzene rings is 2. The quantitative estimate of drug-likeness (QED) is 0.926. The van der Waals surface area contributed by atoms with Gasteiger partial charge < -0.3 is 10.1 Å². The summed E-state index contributed by atoms with van der Waals surface area (Å²) >= 11 is 0. The van der Waals surface area contributed by atoms with Gasteiger partial charge >= 0.3 is 0 Å². The van der Waals surface area contributed by atoms with Crippen LogP contribution >= 0.6 is 0 Å². The van der Waals surface area contributed by atoms with E-state index in [-0.39, 0.29) is 0 Å². The number of nitrogens with one attached hydrogen (secondary N) is 1. The minimum Gasteiger partial charge on any atom is -0.495 e. The Labute approximate surface area is 118 Å². The van der Waals surface area contributed by atoms with E-state index in [0.717, 1.165) is 24.3 Å². The molecule has 3 rings (SSSR count). The Kier molecular flexibility index (Phi) is 3.30. The molecule has 2 aromatic rings. The molecule has 0 amide bonds. The summed E-state index contributed by atoms with van der Waals surface area (Å²) in [6.45, 7) is 0. The Bertz CT molecular complexity index is 648. The summed E-state index contributed by atoms with van der Waals surface area (Å²) < 4.78 is 5.36. The van der Waals surface area contributed by atoms with E-state index in [4.69, 9.17) is 4.74 Å². The number of methoxy groups -OCH3 is 1. The summed E-state index contributed by atoms with van der Waals surface area (Å²) in [6.07, 6.45) is 1.97. The molecule has 0 saturated heterocycles. The van der Waals surface area contributed by atoms with Gasteiger partial charge in [-0.25, -0.2) is 0 Å². The van der Waals surface area contributed by atoms with Crippen molar-refractivity contribution in [1.29, 1.82) is 5.26 Å².